The molecule has 0 bridgehead atoms. The fraction of sp³-hybridized carbons (Fsp3) is 0.240. The standard InChI is InChI=1S/C25H20N2O6/c1-29-16-5-13(6-17(9-16)30-2)22-21-14(7-18(31-3)10-20(21)32-4)8-19-23(22)24(33-25(19)28)15(11-26)12-27/h5-10,21-22H,1-4H3/t21-,22?/m0/s1. The van der Waals surface area contributed by atoms with Crippen LogP contribution in [0.3, 0.4) is 0 Å². The van der Waals surface area contributed by atoms with E-state index in [4.69, 9.17) is 23.7 Å². The number of methoxy groups -OCH3 is 4. The highest BCUT2D eigenvalue weighted by Gasteiger charge is 2.46. The van der Waals surface area contributed by atoms with E-state index in [9.17, 15) is 15.3 Å². The maximum atomic E-state index is 12.8. The summed E-state index contributed by atoms with van der Waals surface area (Å²) in [6.45, 7) is 0. The maximum absolute atomic E-state index is 12.8. The Morgan fingerprint density at radius 1 is 0.879 bits per heavy atom. The number of nitriles is 2. The zero-order valence-electron chi connectivity index (χ0n) is 18.5. The number of cyclic esters (lactones) is 1. The normalized spacial score (nSPS) is 20.7. The van der Waals surface area contributed by atoms with Gasteiger partial charge in [0.15, 0.2) is 11.3 Å². The van der Waals surface area contributed by atoms with Gasteiger partial charge >= 0.3 is 5.97 Å². The molecule has 8 nitrogen and oxygen atoms in total. The van der Waals surface area contributed by atoms with Crippen molar-refractivity contribution < 1.29 is 28.5 Å². The molecule has 1 aliphatic heterocycles. The summed E-state index contributed by atoms with van der Waals surface area (Å²) in [5.74, 6) is 0.659. The van der Waals surface area contributed by atoms with E-state index in [-0.39, 0.29) is 22.8 Å². The third-order valence-corrected chi connectivity index (χ3v) is 5.82. The predicted octanol–water partition coefficient (Wildman–Crippen LogP) is 3.57. The fourth-order valence-corrected chi connectivity index (χ4v) is 4.38. The van der Waals surface area contributed by atoms with E-state index >= 15 is 0 Å². The van der Waals surface area contributed by atoms with Gasteiger partial charge in [0, 0.05) is 23.6 Å². The molecular weight excluding hydrogens is 424 g/mol. The first-order chi connectivity index (χ1) is 16.0. The Hall–Kier alpha value is -4.43. The van der Waals surface area contributed by atoms with Gasteiger partial charge in [-0.3, -0.25) is 0 Å². The van der Waals surface area contributed by atoms with Gasteiger partial charge in [-0.15, -0.1) is 0 Å². The Labute approximate surface area is 190 Å². The van der Waals surface area contributed by atoms with Gasteiger partial charge in [-0.05, 0) is 35.4 Å². The van der Waals surface area contributed by atoms with Crippen molar-refractivity contribution in [1.82, 2.24) is 0 Å². The molecule has 166 valence electrons. The van der Waals surface area contributed by atoms with Crippen molar-refractivity contribution in [3.05, 3.63) is 81.6 Å². The highest BCUT2D eigenvalue weighted by molar-refractivity contribution is 5.99. The summed E-state index contributed by atoms with van der Waals surface area (Å²) in [6.07, 6.45) is 5.29. The van der Waals surface area contributed by atoms with Gasteiger partial charge in [0.1, 0.15) is 35.2 Å². The first-order valence-corrected chi connectivity index (χ1v) is 9.96. The van der Waals surface area contributed by atoms with Gasteiger partial charge in [-0.25, -0.2) is 4.79 Å². The summed E-state index contributed by atoms with van der Waals surface area (Å²) in [4.78, 5) is 12.8. The smallest absolute Gasteiger partial charge is 0.344 e. The van der Waals surface area contributed by atoms with Crippen LogP contribution < -0.4 is 9.47 Å². The quantitative estimate of drug-likeness (QED) is 0.501. The summed E-state index contributed by atoms with van der Waals surface area (Å²) in [7, 11) is 6.19. The number of hydrogen-bond donors (Lipinski definition) is 0. The molecular formula is C25H20N2O6. The van der Waals surface area contributed by atoms with Crippen LogP contribution >= 0.6 is 0 Å². The molecule has 33 heavy (non-hydrogen) atoms. The lowest BCUT2D eigenvalue weighted by molar-refractivity contribution is -0.132. The van der Waals surface area contributed by atoms with Gasteiger partial charge in [0.05, 0.1) is 39.9 Å². The molecule has 0 amide bonds. The van der Waals surface area contributed by atoms with Crippen molar-refractivity contribution in [2.24, 2.45) is 5.92 Å². The molecule has 0 N–H and O–H groups in total. The topological polar surface area (TPSA) is 111 Å². The van der Waals surface area contributed by atoms with Crippen LogP contribution in [0.5, 0.6) is 11.5 Å². The van der Waals surface area contributed by atoms with Crippen LogP contribution in [0.25, 0.3) is 0 Å². The van der Waals surface area contributed by atoms with Crippen LogP contribution in [0.2, 0.25) is 0 Å². The number of rotatable bonds is 5. The Bertz CT molecular complexity index is 1240. The fourth-order valence-electron chi connectivity index (χ4n) is 4.38. The number of nitrogens with zero attached hydrogens (tertiary/aromatic N) is 2. The van der Waals surface area contributed by atoms with E-state index in [2.05, 4.69) is 0 Å². The van der Waals surface area contributed by atoms with Crippen molar-refractivity contribution in [3.63, 3.8) is 0 Å². The van der Waals surface area contributed by atoms with E-state index in [1.165, 1.54) is 0 Å². The number of allylic oxidation sites excluding steroid dienone is 5. The molecule has 0 fully saturated rings. The summed E-state index contributed by atoms with van der Waals surface area (Å²) < 4.78 is 27.5. The van der Waals surface area contributed by atoms with Crippen LogP contribution in [0, 0.1) is 28.6 Å². The largest absolute Gasteiger partial charge is 0.500 e. The molecule has 1 heterocycles. The van der Waals surface area contributed by atoms with Gasteiger partial charge in [-0.2, -0.15) is 10.5 Å². The minimum absolute atomic E-state index is 0.0425. The molecule has 0 saturated heterocycles. The Morgan fingerprint density at radius 3 is 2.09 bits per heavy atom. The number of benzene rings is 1. The molecule has 1 aromatic rings. The summed E-state index contributed by atoms with van der Waals surface area (Å²) in [6, 6.07) is 9.05. The average Bonchev–Trinajstić information content (AvgIpc) is 3.17. The molecule has 0 radical (unpaired) electrons. The van der Waals surface area contributed by atoms with E-state index in [1.54, 1.807) is 46.7 Å². The van der Waals surface area contributed by atoms with Gasteiger partial charge < -0.3 is 23.7 Å². The van der Waals surface area contributed by atoms with Gasteiger partial charge in [-0.1, -0.05) is 0 Å². The molecule has 8 heteroatoms. The molecule has 1 aromatic carbocycles. The van der Waals surface area contributed by atoms with Crippen molar-refractivity contribution >= 4 is 5.97 Å². The Kier molecular flexibility index (Phi) is 5.68. The highest BCUT2D eigenvalue weighted by atomic mass is 16.5. The number of fused-ring (bicyclic) bond motifs is 1. The molecule has 0 aromatic heterocycles. The molecule has 4 rings (SSSR count). The summed E-state index contributed by atoms with van der Waals surface area (Å²) >= 11 is 0. The van der Waals surface area contributed by atoms with Crippen LogP contribution in [-0.4, -0.2) is 34.4 Å². The number of carbonyl (C=O) groups is 1. The Morgan fingerprint density at radius 2 is 1.55 bits per heavy atom. The number of ether oxygens (including phenoxy) is 5. The second kappa shape index (κ2) is 8.60. The minimum atomic E-state index is -0.630. The molecule has 3 aliphatic rings. The number of esters is 1. The molecule has 0 spiro atoms. The molecule has 0 saturated carbocycles. The van der Waals surface area contributed by atoms with E-state index in [1.807, 2.05) is 30.3 Å². The lowest BCUT2D eigenvalue weighted by Crippen LogP contribution is -2.26. The third-order valence-electron chi connectivity index (χ3n) is 5.82. The first kappa shape index (κ1) is 21.8. The monoisotopic (exact) mass is 444 g/mol. The van der Waals surface area contributed by atoms with E-state index < -0.39 is 11.9 Å². The van der Waals surface area contributed by atoms with Crippen LogP contribution in [-0.2, 0) is 19.0 Å². The van der Waals surface area contributed by atoms with Crippen LogP contribution in [0.4, 0.5) is 0 Å². The zero-order valence-corrected chi connectivity index (χ0v) is 18.5. The van der Waals surface area contributed by atoms with E-state index in [0.717, 1.165) is 11.1 Å². The highest BCUT2D eigenvalue weighted by Crippen LogP contribution is 2.53. The lowest BCUT2D eigenvalue weighted by atomic mass is 9.68. The first-order valence-electron chi connectivity index (χ1n) is 9.96. The molecule has 2 atom stereocenters. The van der Waals surface area contributed by atoms with E-state index in [0.29, 0.717) is 28.6 Å². The third kappa shape index (κ3) is 3.52. The predicted molar refractivity (Wildman–Crippen MR) is 115 cm³/mol. The molecule has 1 unspecified atom stereocenters. The van der Waals surface area contributed by atoms with Gasteiger partial charge in [0.2, 0.25) is 0 Å². The van der Waals surface area contributed by atoms with Gasteiger partial charge in [0.25, 0.3) is 0 Å². The van der Waals surface area contributed by atoms with Crippen LogP contribution in [0.1, 0.15) is 11.5 Å². The molecule has 2 aliphatic carbocycles. The number of carbonyl (C=O) groups excluding carboxylic acids is 1. The summed E-state index contributed by atoms with van der Waals surface area (Å²) in [5.41, 5.74) is 1.94. The van der Waals surface area contributed by atoms with Crippen LogP contribution in [0.15, 0.2) is 76.0 Å². The second-order valence-corrected chi connectivity index (χ2v) is 7.39. The second-order valence-electron chi connectivity index (χ2n) is 7.39. The average molecular weight is 444 g/mol. The zero-order chi connectivity index (χ0) is 23.7. The maximum Gasteiger partial charge on any atom is 0.344 e. The SMILES string of the molecule is COC1=CC2=CC3=C(C(=C(C#N)C#N)OC3=O)C(c3cc(OC)cc(OC)c3)[C@@H]2C(OC)=C1. The van der Waals surface area contributed by atoms with Crippen molar-refractivity contribution in [1.29, 1.82) is 10.5 Å². The van der Waals surface area contributed by atoms with Crippen molar-refractivity contribution in [3.8, 4) is 23.6 Å². The van der Waals surface area contributed by atoms with Crippen molar-refractivity contribution in [2.75, 3.05) is 28.4 Å². The Balaban J connectivity index is 2.06. The van der Waals surface area contributed by atoms with Crippen molar-refractivity contribution in [2.45, 2.75) is 5.92 Å². The lowest BCUT2D eigenvalue weighted by Gasteiger charge is -2.35. The number of hydrogen-bond acceptors (Lipinski definition) is 8. The minimum Gasteiger partial charge on any atom is -0.500 e. The summed E-state index contributed by atoms with van der Waals surface area (Å²) in [5, 5.41) is 19.0.